The van der Waals surface area contributed by atoms with Gasteiger partial charge in [0.05, 0.1) is 0 Å². The summed E-state index contributed by atoms with van der Waals surface area (Å²) in [6, 6.07) is 0. The van der Waals surface area contributed by atoms with Gasteiger partial charge in [0.15, 0.2) is 0 Å². The fraction of sp³-hybridized carbons (Fsp3) is 0.692. The molecule has 5 heteroatoms. The van der Waals surface area contributed by atoms with Crippen molar-refractivity contribution in [3.8, 4) is 0 Å². The van der Waals surface area contributed by atoms with Crippen LogP contribution in [0.3, 0.4) is 0 Å². The molecule has 1 aliphatic rings. The van der Waals surface area contributed by atoms with Crippen molar-refractivity contribution in [2.45, 2.75) is 26.2 Å². The zero-order valence-corrected chi connectivity index (χ0v) is 11.9. The molecule has 0 spiro atoms. The number of anilines is 1. The normalized spacial score (nSPS) is 17.8. The summed E-state index contributed by atoms with van der Waals surface area (Å²) >= 11 is 6.21. The fourth-order valence-corrected chi connectivity index (χ4v) is 2.60. The van der Waals surface area contributed by atoms with E-state index in [0.717, 1.165) is 50.4 Å². The van der Waals surface area contributed by atoms with Gasteiger partial charge in [-0.2, -0.15) is 0 Å². The topological polar surface area (TPSA) is 32.3 Å². The minimum atomic E-state index is 0.611. The third-order valence-corrected chi connectivity index (χ3v) is 3.71. The van der Waals surface area contributed by atoms with E-state index in [9.17, 15) is 0 Å². The lowest BCUT2D eigenvalue weighted by Gasteiger charge is -2.24. The van der Waals surface area contributed by atoms with Crippen molar-refractivity contribution >= 4 is 17.4 Å². The molecule has 0 unspecified atom stereocenters. The molecule has 1 aromatic rings. The number of halogens is 1. The van der Waals surface area contributed by atoms with Crippen LogP contribution in [-0.4, -0.2) is 48.1 Å². The van der Waals surface area contributed by atoms with Crippen LogP contribution in [0.2, 0.25) is 5.15 Å². The summed E-state index contributed by atoms with van der Waals surface area (Å²) in [6.45, 7) is 6.45. The van der Waals surface area contributed by atoms with Crippen molar-refractivity contribution in [2.75, 3.05) is 38.1 Å². The quantitative estimate of drug-likeness (QED) is 0.787. The minimum Gasteiger partial charge on any atom is -0.355 e. The van der Waals surface area contributed by atoms with E-state index >= 15 is 0 Å². The van der Waals surface area contributed by atoms with Crippen molar-refractivity contribution < 1.29 is 0 Å². The van der Waals surface area contributed by atoms with E-state index in [0.29, 0.717) is 5.15 Å². The third-order valence-electron chi connectivity index (χ3n) is 3.39. The Kier molecular flexibility index (Phi) is 4.78. The van der Waals surface area contributed by atoms with E-state index in [-0.39, 0.29) is 0 Å². The van der Waals surface area contributed by atoms with Crippen LogP contribution in [0, 0.1) is 0 Å². The predicted molar refractivity (Wildman–Crippen MR) is 75.4 cm³/mol. The van der Waals surface area contributed by atoms with Crippen LogP contribution in [0.15, 0.2) is 6.33 Å². The van der Waals surface area contributed by atoms with Crippen LogP contribution in [0.5, 0.6) is 0 Å². The Morgan fingerprint density at radius 1 is 1.22 bits per heavy atom. The zero-order valence-electron chi connectivity index (χ0n) is 11.2. The number of hydrogen-bond acceptors (Lipinski definition) is 4. The molecule has 1 aromatic heterocycles. The van der Waals surface area contributed by atoms with Crippen molar-refractivity contribution in [3.63, 3.8) is 0 Å². The summed E-state index contributed by atoms with van der Waals surface area (Å²) in [5, 5.41) is 0.611. The minimum absolute atomic E-state index is 0.611. The molecule has 0 N–H and O–H groups in total. The van der Waals surface area contributed by atoms with Crippen molar-refractivity contribution in [1.82, 2.24) is 14.9 Å². The highest BCUT2D eigenvalue weighted by Gasteiger charge is 2.18. The van der Waals surface area contributed by atoms with Gasteiger partial charge in [-0.25, -0.2) is 9.97 Å². The van der Waals surface area contributed by atoms with Crippen molar-refractivity contribution in [2.24, 2.45) is 0 Å². The summed E-state index contributed by atoms with van der Waals surface area (Å²) < 4.78 is 0. The first kappa shape index (κ1) is 13.6. The summed E-state index contributed by atoms with van der Waals surface area (Å²) in [6.07, 6.45) is 4.75. The number of nitrogens with zero attached hydrogens (tertiary/aromatic N) is 4. The van der Waals surface area contributed by atoms with Gasteiger partial charge in [-0.3, -0.25) is 0 Å². The molecule has 0 radical (unpaired) electrons. The van der Waals surface area contributed by atoms with Gasteiger partial charge in [0.25, 0.3) is 0 Å². The first-order chi connectivity index (χ1) is 8.72. The second kappa shape index (κ2) is 6.34. The van der Waals surface area contributed by atoms with E-state index in [1.165, 1.54) is 6.42 Å². The van der Waals surface area contributed by atoms with E-state index in [2.05, 4.69) is 33.7 Å². The Bertz CT molecular complexity index is 397. The zero-order chi connectivity index (χ0) is 13.0. The molecule has 0 saturated carbocycles. The van der Waals surface area contributed by atoms with Crippen LogP contribution < -0.4 is 4.90 Å². The largest absolute Gasteiger partial charge is 0.355 e. The van der Waals surface area contributed by atoms with Crippen LogP contribution >= 0.6 is 11.6 Å². The predicted octanol–water partition coefficient (Wildman–Crippen LogP) is 2.22. The lowest BCUT2D eigenvalue weighted by molar-refractivity contribution is 0.360. The van der Waals surface area contributed by atoms with E-state index in [1.54, 1.807) is 6.33 Å². The molecular formula is C13H21ClN4. The smallest absolute Gasteiger partial charge is 0.137 e. The molecule has 4 nitrogen and oxygen atoms in total. The first-order valence-electron chi connectivity index (χ1n) is 6.65. The van der Waals surface area contributed by atoms with E-state index in [4.69, 9.17) is 11.6 Å². The standard InChI is InChI=1S/C13H21ClN4/c1-3-5-11-12(14)15-10-16-13(11)18-7-4-6-17(2)8-9-18/h10H,3-9H2,1-2H3. The molecule has 18 heavy (non-hydrogen) atoms. The lowest BCUT2D eigenvalue weighted by atomic mass is 10.1. The maximum absolute atomic E-state index is 6.21. The monoisotopic (exact) mass is 268 g/mol. The SMILES string of the molecule is CCCc1c(Cl)ncnc1N1CCCN(C)CC1. The summed E-state index contributed by atoms with van der Waals surface area (Å²) in [7, 11) is 2.17. The fourth-order valence-electron chi connectivity index (χ4n) is 2.38. The molecule has 2 heterocycles. The molecule has 0 amide bonds. The van der Waals surface area contributed by atoms with Crippen LogP contribution in [0.1, 0.15) is 25.3 Å². The van der Waals surface area contributed by atoms with Gasteiger partial charge >= 0.3 is 0 Å². The van der Waals surface area contributed by atoms with Gasteiger partial charge in [0, 0.05) is 25.2 Å². The third kappa shape index (κ3) is 3.12. The maximum atomic E-state index is 6.21. The molecule has 1 saturated heterocycles. The molecule has 1 aliphatic heterocycles. The number of aromatic nitrogens is 2. The number of hydrogen-bond donors (Lipinski definition) is 0. The van der Waals surface area contributed by atoms with Crippen molar-refractivity contribution in [3.05, 3.63) is 17.0 Å². The summed E-state index contributed by atoms with van der Waals surface area (Å²) in [5.74, 6) is 1.03. The Hall–Kier alpha value is -0.870. The van der Waals surface area contributed by atoms with Gasteiger partial charge < -0.3 is 9.80 Å². The van der Waals surface area contributed by atoms with Crippen LogP contribution in [0.25, 0.3) is 0 Å². The molecule has 0 aliphatic carbocycles. The van der Waals surface area contributed by atoms with Crippen LogP contribution in [-0.2, 0) is 6.42 Å². The Balaban J connectivity index is 2.23. The Morgan fingerprint density at radius 2 is 2.06 bits per heavy atom. The van der Waals surface area contributed by atoms with Crippen LogP contribution in [0.4, 0.5) is 5.82 Å². The van der Waals surface area contributed by atoms with Gasteiger partial charge in [0.1, 0.15) is 17.3 Å². The highest BCUT2D eigenvalue weighted by molar-refractivity contribution is 6.30. The van der Waals surface area contributed by atoms with Crippen molar-refractivity contribution in [1.29, 1.82) is 0 Å². The highest BCUT2D eigenvalue weighted by atomic mass is 35.5. The van der Waals surface area contributed by atoms with Gasteiger partial charge in [-0.05, 0) is 26.4 Å². The Morgan fingerprint density at radius 3 is 2.83 bits per heavy atom. The average molecular weight is 269 g/mol. The van der Waals surface area contributed by atoms with Gasteiger partial charge in [0.2, 0.25) is 0 Å². The highest BCUT2D eigenvalue weighted by Crippen LogP contribution is 2.25. The van der Waals surface area contributed by atoms with E-state index in [1.807, 2.05) is 0 Å². The lowest BCUT2D eigenvalue weighted by Crippen LogP contribution is -2.30. The van der Waals surface area contributed by atoms with E-state index < -0.39 is 0 Å². The Labute approximate surface area is 114 Å². The number of rotatable bonds is 3. The average Bonchev–Trinajstić information content (AvgIpc) is 2.57. The first-order valence-corrected chi connectivity index (χ1v) is 7.03. The maximum Gasteiger partial charge on any atom is 0.137 e. The molecule has 1 fully saturated rings. The molecule has 0 aromatic carbocycles. The second-order valence-corrected chi connectivity index (χ2v) is 5.22. The molecule has 0 bridgehead atoms. The second-order valence-electron chi connectivity index (χ2n) is 4.86. The molecule has 2 rings (SSSR count). The summed E-state index contributed by atoms with van der Waals surface area (Å²) in [5.41, 5.74) is 1.10. The molecular weight excluding hydrogens is 248 g/mol. The molecule has 0 atom stereocenters. The number of likely N-dealkylation sites (N-methyl/N-ethyl adjacent to an activating group) is 1. The molecule has 100 valence electrons. The van der Waals surface area contributed by atoms with Gasteiger partial charge in [-0.15, -0.1) is 0 Å². The van der Waals surface area contributed by atoms with Gasteiger partial charge in [-0.1, -0.05) is 24.9 Å². The summed E-state index contributed by atoms with van der Waals surface area (Å²) in [4.78, 5) is 13.3.